The Morgan fingerprint density at radius 2 is 2.00 bits per heavy atom. The maximum Gasteiger partial charge on any atom is 0.139 e. The van der Waals surface area contributed by atoms with Gasteiger partial charge in [0.05, 0.1) is 24.8 Å². The van der Waals surface area contributed by atoms with Crippen molar-refractivity contribution in [3.63, 3.8) is 0 Å². The Hall–Kier alpha value is -0.930. The van der Waals surface area contributed by atoms with Crippen molar-refractivity contribution in [2.45, 2.75) is 19.9 Å². The van der Waals surface area contributed by atoms with E-state index in [2.05, 4.69) is 19.2 Å². The number of benzene rings is 1. The average Bonchev–Trinajstić information content (AvgIpc) is 2.30. The van der Waals surface area contributed by atoms with Gasteiger partial charge in [-0.15, -0.1) is 0 Å². The van der Waals surface area contributed by atoms with Crippen LogP contribution in [0.25, 0.3) is 0 Å². The molecule has 0 saturated heterocycles. The Bertz CT molecular complexity index is 355. The van der Waals surface area contributed by atoms with Crippen molar-refractivity contribution in [1.82, 2.24) is 0 Å². The maximum atomic E-state index is 5.98. The van der Waals surface area contributed by atoms with Crippen molar-refractivity contribution in [1.29, 1.82) is 0 Å². The normalized spacial score (nSPS) is 12.6. The molecule has 0 aromatic heterocycles. The summed E-state index contributed by atoms with van der Waals surface area (Å²) < 4.78 is 10.4. The molecule has 0 fully saturated rings. The molecular formula is C13H20ClNO2. The Morgan fingerprint density at radius 1 is 1.29 bits per heavy atom. The highest BCUT2D eigenvalue weighted by atomic mass is 35.5. The third kappa shape index (κ3) is 4.10. The number of methoxy groups -OCH3 is 2. The predicted octanol–water partition coefficient (Wildman–Crippen LogP) is 3.43. The van der Waals surface area contributed by atoms with E-state index >= 15 is 0 Å². The van der Waals surface area contributed by atoms with Gasteiger partial charge in [0.25, 0.3) is 0 Å². The third-order valence-electron chi connectivity index (χ3n) is 2.65. The zero-order valence-corrected chi connectivity index (χ0v) is 11.5. The summed E-state index contributed by atoms with van der Waals surface area (Å²) in [6, 6.07) is 5.93. The lowest BCUT2D eigenvalue weighted by molar-refractivity contribution is 0.171. The first-order valence-electron chi connectivity index (χ1n) is 5.67. The van der Waals surface area contributed by atoms with Crippen molar-refractivity contribution in [2.24, 2.45) is 5.92 Å². The summed E-state index contributed by atoms with van der Waals surface area (Å²) in [6.45, 7) is 4.98. The highest BCUT2D eigenvalue weighted by Crippen LogP contribution is 2.28. The van der Waals surface area contributed by atoms with Gasteiger partial charge >= 0.3 is 0 Å². The van der Waals surface area contributed by atoms with Crippen LogP contribution in [0.3, 0.4) is 0 Å². The molecule has 96 valence electrons. The van der Waals surface area contributed by atoms with E-state index in [1.165, 1.54) is 0 Å². The fourth-order valence-electron chi connectivity index (χ4n) is 1.54. The highest BCUT2D eigenvalue weighted by molar-refractivity contribution is 6.32. The van der Waals surface area contributed by atoms with Crippen molar-refractivity contribution < 1.29 is 9.47 Å². The largest absolute Gasteiger partial charge is 0.495 e. The second kappa shape index (κ2) is 6.72. The van der Waals surface area contributed by atoms with Crippen molar-refractivity contribution in [3.8, 4) is 5.75 Å². The van der Waals surface area contributed by atoms with E-state index in [1.54, 1.807) is 14.2 Å². The number of hydrogen-bond acceptors (Lipinski definition) is 3. The van der Waals surface area contributed by atoms with E-state index < -0.39 is 0 Å². The summed E-state index contributed by atoms with van der Waals surface area (Å²) in [7, 11) is 3.32. The summed E-state index contributed by atoms with van der Waals surface area (Å²) in [5.41, 5.74) is 0.988. The number of rotatable bonds is 6. The summed E-state index contributed by atoms with van der Waals surface area (Å²) >= 11 is 5.98. The van der Waals surface area contributed by atoms with Gasteiger partial charge in [-0.1, -0.05) is 25.4 Å². The molecule has 0 heterocycles. The Labute approximate surface area is 108 Å². The van der Waals surface area contributed by atoms with Crippen LogP contribution in [0.5, 0.6) is 5.75 Å². The van der Waals surface area contributed by atoms with Crippen LogP contribution in [0.15, 0.2) is 18.2 Å². The molecule has 0 aliphatic rings. The van der Waals surface area contributed by atoms with E-state index in [1.807, 2.05) is 18.2 Å². The van der Waals surface area contributed by atoms with Crippen LogP contribution in [0.4, 0.5) is 5.69 Å². The van der Waals surface area contributed by atoms with Crippen LogP contribution in [0.2, 0.25) is 5.02 Å². The van der Waals surface area contributed by atoms with Gasteiger partial charge in [0.1, 0.15) is 5.75 Å². The second-order valence-electron chi connectivity index (χ2n) is 4.30. The van der Waals surface area contributed by atoms with E-state index in [-0.39, 0.29) is 6.04 Å². The molecule has 0 aliphatic carbocycles. The first-order valence-corrected chi connectivity index (χ1v) is 6.05. The Kier molecular flexibility index (Phi) is 5.59. The van der Waals surface area contributed by atoms with Crippen LogP contribution in [-0.4, -0.2) is 26.9 Å². The van der Waals surface area contributed by atoms with Crippen LogP contribution in [0, 0.1) is 5.92 Å². The smallest absolute Gasteiger partial charge is 0.139 e. The number of nitrogens with one attached hydrogen (secondary N) is 1. The van der Waals surface area contributed by atoms with Crippen molar-refractivity contribution in [3.05, 3.63) is 23.2 Å². The molecule has 1 rings (SSSR count). The Balaban J connectivity index is 2.78. The quantitative estimate of drug-likeness (QED) is 0.847. The zero-order chi connectivity index (χ0) is 12.8. The van der Waals surface area contributed by atoms with Gasteiger partial charge in [-0.2, -0.15) is 0 Å². The highest BCUT2D eigenvalue weighted by Gasteiger charge is 2.13. The Morgan fingerprint density at radius 3 is 2.53 bits per heavy atom. The summed E-state index contributed by atoms with van der Waals surface area (Å²) in [4.78, 5) is 0. The van der Waals surface area contributed by atoms with Gasteiger partial charge in [-0.25, -0.2) is 0 Å². The van der Waals surface area contributed by atoms with E-state index in [0.29, 0.717) is 23.3 Å². The van der Waals surface area contributed by atoms with E-state index in [9.17, 15) is 0 Å². The van der Waals surface area contributed by atoms with E-state index in [0.717, 1.165) is 5.69 Å². The molecule has 0 aliphatic heterocycles. The van der Waals surface area contributed by atoms with Gasteiger partial charge in [0.15, 0.2) is 0 Å². The molecule has 1 N–H and O–H groups in total. The number of ether oxygens (including phenoxy) is 2. The fraction of sp³-hybridized carbons (Fsp3) is 0.538. The van der Waals surface area contributed by atoms with Gasteiger partial charge < -0.3 is 14.8 Å². The molecule has 0 amide bonds. The third-order valence-corrected chi connectivity index (χ3v) is 2.97. The fourth-order valence-corrected chi connectivity index (χ4v) is 1.74. The predicted molar refractivity (Wildman–Crippen MR) is 72.1 cm³/mol. The SMILES string of the molecule is COCC(Nc1ccc(Cl)c(OC)c1)C(C)C. The lowest BCUT2D eigenvalue weighted by atomic mass is 10.1. The van der Waals surface area contributed by atoms with Crippen molar-refractivity contribution >= 4 is 17.3 Å². The lowest BCUT2D eigenvalue weighted by Crippen LogP contribution is -2.30. The standard InChI is InChI=1S/C13H20ClNO2/c1-9(2)12(8-16-3)15-10-5-6-11(14)13(7-10)17-4/h5-7,9,12,15H,8H2,1-4H3. The molecule has 1 atom stereocenters. The maximum absolute atomic E-state index is 5.98. The average molecular weight is 258 g/mol. The summed E-state index contributed by atoms with van der Waals surface area (Å²) in [5, 5.41) is 4.03. The minimum atomic E-state index is 0.269. The van der Waals surface area contributed by atoms with Crippen LogP contribution >= 0.6 is 11.6 Å². The molecule has 0 spiro atoms. The van der Waals surface area contributed by atoms with Crippen LogP contribution in [-0.2, 0) is 4.74 Å². The van der Waals surface area contributed by atoms with Crippen molar-refractivity contribution in [2.75, 3.05) is 26.1 Å². The number of halogens is 1. The van der Waals surface area contributed by atoms with Gasteiger partial charge in [0.2, 0.25) is 0 Å². The minimum Gasteiger partial charge on any atom is -0.495 e. The molecule has 3 nitrogen and oxygen atoms in total. The molecule has 0 radical (unpaired) electrons. The molecule has 0 bridgehead atoms. The first-order chi connectivity index (χ1) is 8.08. The monoisotopic (exact) mass is 257 g/mol. The van der Waals surface area contributed by atoms with Crippen LogP contribution in [0.1, 0.15) is 13.8 Å². The minimum absolute atomic E-state index is 0.269. The van der Waals surface area contributed by atoms with Crippen LogP contribution < -0.4 is 10.1 Å². The molecule has 1 aromatic rings. The van der Waals surface area contributed by atoms with E-state index in [4.69, 9.17) is 21.1 Å². The number of hydrogen-bond donors (Lipinski definition) is 1. The molecule has 17 heavy (non-hydrogen) atoms. The number of anilines is 1. The topological polar surface area (TPSA) is 30.5 Å². The molecule has 0 saturated carbocycles. The summed E-state index contributed by atoms with van der Waals surface area (Å²) in [5.74, 6) is 1.16. The molecule has 1 aromatic carbocycles. The molecular weight excluding hydrogens is 238 g/mol. The molecule has 1 unspecified atom stereocenters. The van der Waals surface area contributed by atoms with Gasteiger partial charge in [-0.3, -0.25) is 0 Å². The van der Waals surface area contributed by atoms with Gasteiger partial charge in [-0.05, 0) is 18.1 Å². The zero-order valence-electron chi connectivity index (χ0n) is 10.8. The van der Waals surface area contributed by atoms with Gasteiger partial charge in [0, 0.05) is 18.9 Å². The molecule has 4 heteroatoms. The summed E-state index contributed by atoms with van der Waals surface area (Å²) in [6.07, 6.45) is 0. The second-order valence-corrected chi connectivity index (χ2v) is 4.71. The lowest BCUT2D eigenvalue weighted by Gasteiger charge is -2.23. The first kappa shape index (κ1) is 14.1.